The Morgan fingerprint density at radius 3 is 2.54 bits per heavy atom. The number of rotatable bonds is 4. The van der Waals surface area contributed by atoms with Gasteiger partial charge in [0.1, 0.15) is 11.5 Å². The average molecular weight is 426 g/mol. The summed E-state index contributed by atoms with van der Waals surface area (Å²) in [5.74, 6) is 0.230. The summed E-state index contributed by atoms with van der Waals surface area (Å²) in [6.45, 7) is 0. The van der Waals surface area contributed by atoms with Gasteiger partial charge >= 0.3 is 6.18 Å². The van der Waals surface area contributed by atoms with Gasteiger partial charge in [-0.1, -0.05) is 35.3 Å². The number of nitrogens with one attached hydrogen (secondary N) is 1. The molecule has 3 nitrogen and oxygen atoms in total. The number of carbonyl (C=O) groups is 1. The molecule has 8 heteroatoms. The molecule has 144 valence electrons. The Morgan fingerprint density at radius 1 is 1.04 bits per heavy atom. The molecule has 0 bridgehead atoms. The topological polar surface area (TPSA) is 42.2 Å². The maximum Gasteiger partial charge on any atom is 0.416 e. The van der Waals surface area contributed by atoms with E-state index in [9.17, 15) is 18.0 Å². The van der Waals surface area contributed by atoms with Gasteiger partial charge in [0, 0.05) is 17.3 Å². The summed E-state index contributed by atoms with van der Waals surface area (Å²) in [6, 6.07) is 12.8. The van der Waals surface area contributed by atoms with E-state index in [-0.39, 0.29) is 5.69 Å². The van der Waals surface area contributed by atoms with E-state index >= 15 is 0 Å². The molecule has 28 heavy (non-hydrogen) atoms. The first-order valence-corrected chi connectivity index (χ1v) is 8.70. The second-order valence-electron chi connectivity index (χ2n) is 5.70. The van der Waals surface area contributed by atoms with E-state index in [1.807, 2.05) is 0 Å². The fraction of sp³-hybridized carbons (Fsp3) is 0.0500. The second kappa shape index (κ2) is 8.12. The first-order valence-electron chi connectivity index (χ1n) is 7.94. The molecule has 1 heterocycles. The smallest absolute Gasteiger partial charge is 0.416 e. The predicted octanol–water partition coefficient (Wildman–Crippen LogP) is 6.92. The summed E-state index contributed by atoms with van der Waals surface area (Å²) in [7, 11) is 0. The van der Waals surface area contributed by atoms with E-state index in [4.69, 9.17) is 27.6 Å². The summed E-state index contributed by atoms with van der Waals surface area (Å²) in [5, 5.41) is 3.10. The van der Waals surface area contributed by atoms with Crippen molar-refractivity contribution >= 4 is 40.9 Å². The van der Waals surface area contributed by atoms with Crippen molar-refractivity contribution in [1.29, 1.82) is 0 Å². The Labute approximate surface area is 168 Å². The number of benzene rings is 2. The summed E-state index contributed by atoms with van der Waals surface area (Å²) < 4.78 is 43.8. The van der Waals surface area contributed by atoms with E-state index in [0.717, 1.165) is 18.2 Å². The molecule has 0 aliphatic heterocycles. The van der Waals surface area contributed by atoms with Gasteiger partial charge in [0.2, 0.25) is 5.91 Å². The molecule has 0 saturated carbocycles. The SMILES string of the molecule is O=C(C=Cc1ccc(-c2cccc(Cl)c2Cl)o1)Nc1cccc(C(F)(F)F)c1. The van der Waals surface area contributed by atoms with Crippen molar-refractivity contribution in [2.24, 2.45) is 0 Å². The zero-order chi connectivity index (χ0) is 20.3. The summed E-state index contributed by atoms with van der Waals surface area (Å²) in [6.07, 6.45) is -1.93. The maximum atomic E-state index is 12.7. The van der Waals surface area contributed by atoms with Gasteiger partial charge in [0.25, 0.3) is 0 Å². The Bertz CT molecular complexity index is 1040. The molecule has 1 N–H and O–H groups in total. The quantitative estimate of drug-likeness (QED) is 0.460. The van der Waals surface area contributed by atoms with Crippen LogP contribution in [0.1, 0.15) is 11.3 Å². The van der Waals surface area contributed by atoms with Crippen molar-refractivity contribution < 1.29 is 22.4 Å². The fourth-order valence-electron chi connectivity index (χ4n) is 2.40. The molecule has 0 aliphatic carbocycles. The van der Waals surface area contributed by atoms with Gasteiger partial charge in [-0.05, 0) is 48.5 Å². The van der Waals surface area contributed by atoms with Crippen LogP contribution in [0.15, 0.2) is 65.1 Å². The van der Waals surface area contributed by atoms with E-state index in [2.05, 4.69) is 5.32 Å². The minimum atomic E-state index is -4.48. The van der Waals surface area contributed by atoms with Crippen LogP contribution in [0.25, 0.3) is 17.4 Å². The van der Waals surface area contributed by atoms with Crippen LogP contribution in [0, 0.1) is 0 Å². The van der Waals surface area contributed by atoms with Gasteiger partial charge in [0.05, 0.1) is 15.6 Å². The van der Waals surface area contributed by atoms with E-state index < -0.39 is 17.6 Å². The minimum absolute atomic E-state index is 0.0373. The number of carbonyl (C=O) groups excluding carboxylic acids is 1. The molecule has 1 amide bonds. The van der Waals surface area contributed by atoms with Crippen molar-refractivity contribution in [2.75, 3.05) is 5.32 Å². The van der Waals surface area contributed by atoms with Gasteiger partial charge in [-0.25, -0.2) is 0 Å². The number of amides is 1. The molecule has 0 unspecified atom stereocenters. The third-order valence-corrected chi connectivity index (χ3v) is 4.52. The third kappa shape index (κ3) is 4.77. The maximum absolute atomic E-state index is 12.7. The van der Waals surface area contributed by atoms with Gasteiger partial charge in [0.15, 0.2) is 0 Å². The Hall–Kier alpha value is -2.70. The lowest BCUT2D eigenvalue weighted by Crippen LogP contribution is -2.10. The minimum Gasteiger partial charge on any atom is -0.457 e. The third-order valence-electron chi connectivity index (χ3n) is 3.70. The highest BCUT2D eigenvalue weighted by Crippen LogP contribution is 2.34. The number of hydrogen-bond acceptors (Lipinski definition) is 2. The zero-order valence-corrected chi connectivity index (χ0v) is 15.6. The Balaban J connectivity index is 1.70. The lowest BCUT2D eigenvalue weighted by Gasteiger charge is -2.08. The van der Waals surface area contributed by atoms with Gasteiger partial charge in [-0.15, -0.1) is 0 Å². The van der Waals surface area contributed by atoms with Crippen LogP contribution in [-0.4, -0.2) is 5.91 Å². The van der Waals surface area contributed by atoms with Crippen LogP contribution in [-0.2, 0) is 11.0 Å². The molecule has 0 radical (unpaired) electrons. The van der Waals surface area contributed by atoms with Crippen LogP contribution >= 0.6 is 23.2 Å². The number of halogens is 5. The number of hydrogen-bond donors (Lipinski definition) is 1. The molecular weight excluding hydrogens is 414 g/mol. The summed E-state index contributed by atoms with van der Waals surface area (Å²) >= 11 is 12.1. The largest absolute Gasteiger partial charge is 0.457 e. The first kappa shape index (κ1) is 20.0. The molecule has 0 saturated heterocycles. The molecule has 1 aromatic heterocycles. The molecule has 3 aromatic rings. The average Bonchev–Trinajstić information content (AvgIpc) is 3.10. The molecule has 2 aromatic carbocycles. The standard InChI is InChI=1S/C20H12Cl2F3NO2/c21-16-6-2-5-15(19(16)22)17-9-7-14(28-17)8-10-18(27)26-13-4-1-3-12(11-13)20(23,24)25/h1-11H,(H,26,27). The van der Waals surface area contributed by atoms with E-state index in [0.29, 0.717) is 27.1 Å². The van der Waals surface area contributed by atoms with Crippen molar-refractivity contribution in [2.45, 2.75) is 6.18 Å². The van der Waals surface area contributed by atoms with E-state index in [1.54, 1.807) is 30.3 Å². The van der Waals surface area contributed by atoms with Gasteiger partial charge in [-0.3, -0.25) is 4.79 Å². The van der Waals surface area contributed by atoms with Crippen molar-refractivity contribution in [1.82, 2.24) is 0 Å². The Morgan fingerprint density at radius 2 is 1.79 bits per heavy atom. The Kier molecular flexibility index (Phi) is 5.82. The van der Waals surface area contributed by atoms with Gasteiger partial charge in [-0.2, -0.15) is 13.2 Å². The number of alkyl halides is 3. The van der Waals surface area contributed by atoms with Gasteiger partial charge < -0.3 is 9.73 Å². The van der Waals surface area contributed by atoms with Crippen LogP contribution < -0.4 is 5.32 Å². The van der Waals surface area contributed by atoms with Crippen LogP contribution in [0.4, 0.5) is 18.9 Å². The van der Waals surface area contributed by atoms with Crippen molar-refractivity contribution in [3.05, 3.63) is 82.0 Å². The predicted molar refractivity (Wildman–Crippen MR) is 103 cm³/mol. The number of furan rings is 1. The molecule has 0 aliphatic rings. The first-order chi connectivity index (χ1) is 13.2. The zero-order valence-electron chi connectivity index (χ0n) is 14.1. The highest BCUT2D eigenvalue weighted by Gasteiger charge is 2.30. The number of anilines is 1. The van der Waals surface area contributed by atoms with Crippen LogP contribution in [0.2, 0.25) is 10.0 Å². The van der Waals surface area contributed by atoms with Crippen molar-refractivity contribution in [3.8, 4) is 11.3 Å². The second-order valence-corrected chi connectivity index (χ2v) is 6.49. The highest BCUT2D eigenvalue weighted by molar-refractivity contribution is 6.43. The van der Waals surface area contributed by atoms with Crippen LogP contribution in [0.3, 0.4) is 0 Å². The highest BCUT2D eigenvalue weighted by atomic mass is 35.5. The van der Waals surface area contributed by atoms with E-state index in [1.165, 1.54) is 18.2 Å². The monoisotopic (exact) mass is 425 g/mol. The molecule has 0 spiro atoms. The van der Waals surface area contributed by atoms with Crippen LogP contribution in [0.5, 0.6) is 0 Å². The molecule has 0 atom stereocenters. The molecular formula is C20H12Cl2F3NO2. The lowest BCUT2D eigenvalue weighted by atomic mass is 10.2. The summed E-state index contributed by atoms with van der Waals surface area (Å²) in [4.78, 5) is 12.0. The lowest BCUT2D eigenvalue weighted by molar-refractivity contribution is -0.137. The molecule has 3 rings (SSSR count). The summed E-state index contributed by atoms with van der Waals surface area (Å²) in [5.41, 5.74) is -0.207. The van der Waals surface area contributed by atoms with Crippen molar-refractivity contribution in [3.63, 3.8) is 0 Å². The molecule has 0 fully saturated rings. The normalized spacial score (nSPS) is 11.8. The fourth-order valence-corrected chi connectivity index (χ4v) is 2.79.